The van der Waals surface area contributed by atoms with Crippen molar-refractivity contribution in [3.63, 3.8) is 0 Å². The van der Waals surface area contributed by atoms with Crippen LogP contribution in [-0.4, -0.2) is 0 Å². The molecule has 0 radical (unpaired) electrons. The Bertz CT molecular complexity index is 526. The maximum Gasteiger partial charge on any atom is 0.166 e. The van der Waals surface area contributed by atoms with Crippen molar-refractivity contribution < 1.29 is 8.78 Å². The van der Waals surface area contributed by atoms with Crippen molar-refractivity contribution in [1.29, 1.82) is 0 Å². The molecule has 2 heteroatoms. The van der Waals surface area contributed by atoms with E-state index in [4.69, 9.17) is 0 Å². The molecule has 0 heterocycles. The van der Waals surface area contributed by atoms with Gasteiger partial charge < -0.3 is 0 Å². The second-order valence-electron chi connectivity index (χ2n) is 5.44. The lowest BCUT2D eigenvalue weighted by Gasteiger charge is -2.20. The first-order valence-electron chi connectivity index (χ1n) is 7.46. The molecule has 1 unspecified atom stereocenters. The number of benzene rings is 1. The van der Waals surface area contributed by atoms with Gasteiger partial charge in [-0.3, -0.25) is 0 Å². The highest BCUT2D eigenvalue weighted by Crippen LogP contribution is 2.33. The number of hydrogen-bond acceptors (Lipinski definition) is 0. The first-order chi connectivity index (χ1) is 9.67. The topological polar surface area (TPSA) is 0 Å². The zero-order valence-electron chi connectivity index (χ0n) is 12.3. The largest absolute Gasteiger partial charge is 0.203 e. The fourth-order valence-electron chi connectivity index (χ4n) is 2.85. The molecule has 1 aliphatic carbocycles. The molecule has 1 aromatic rings. The van der Waals surface area contributed by atoms with Gasteiger partial charge in [0.2, 0.25) is 0 Å². The highest BCUT2D eigenvalue weighted by atomic mass is 19.2. The van der Waals surface area contributed by atoms with Crippen LogP contribution in [0.25, 0.3) is 5.57 Å². The second kappa shape index (κ2) is 6.83. The van der Waals surface area contributed by atoms with E-state index in [2.05, 4.69) is 18.2 Å². The van der Waals surface area contributed by atoms with Gasteiger partial charge in [-0.25, -0.2) is 8.78 Å². The van der Waals surface area contributed by atoms with E-state index in [9.17, 15) is 8.78 Å². The predicted octanol–water partition coefficient (Wildman–Crippen LogP) is 5.68. The Kier molecular flexibility index (Phi) is 5.11. The molecule has 0 nitrogen and oxygen atoms in total. The molecule has 0 N–H and O–H groups in total. The molecule has 0 fully saturated rings. The van der Waals surface area contributed by atoms with Crippen LogP contribution in [0, 0.1) is 17.6 Å². The van der Waals surface area contributed by atoms with Gasteiger partial charge in [0.15, 0.2) is 11.6 Å². The highest BCUT2D eigenvalue weighted by molar-refractivity contribution is 5.67. The number of hydrogen-bond donors (Lipinski definition) is 0. The minimum Gasteiger partial charge on any atom is -0.203 e. The van der Waals surface area contributed by atoms with Crippen LogP contribution in [0.2, 0.25) is 0 Å². The molecule has 1 aliphatic rings. The lowest BCUT2D eigenvalue weighted by Crippen LogP contribution is -2.05. The number of rotatable bonds is 4. The molecule has 0 aliphatic heterocycles. The summed E-state index contributed by atoms with van der Waals surface area (Å²) in [6, 6.07) is 3.47. The number of halogens is 2. The fourth-order valence-corrected chi connectivity index (χ4v) is 2.85. The zero-order chi connectivity index (χ0) is 14.5. The second-order valence-corrected chi connectivity index (χ2v) is 5.44. The SMILES string of the molecule is C/C=C/C1CC=C(c2ccc(CCC)c(F)c2F)CC1. The van der Waals surface area contributed by atoms with Gasteiger partial charge in [0.1, 0.15) is 0 Å². The molecular weight excluding hydrogens is 254 g/mol. The van der Waals surface area contributed by atoms with Crippen molar-refractivity contribution in [2.45, 2.75) is 46.0 Å². The number of allylic oxidation sites excluding steroid dienone is 4. The summed E-state index contributed by atoms with van der Waals surface area (Å²) in [5.41, 5.74) is 1.88. The van der Waals surface area contributed by atoms with Gasteiger partial charge >= 0.3 is 0 Å². The van der Waals surface area contributed by atoms with E-state index >= 15 is 0 Å². The van der Waals surface area contributed by atoms with E-state index in [-0.39, 0.29) is 0 Å². The van der Waals surface area contributed by atoms with Crippen molar-refractivity contribution in [2.24, 2.45) is 5.92 Å². The van der Waals surface area contributed by atoms with Crippen molar-refractivity contribution in [3.05, 3.63) is 53.1 Å². The molecule has 2 rings (SSSR count). The molecule has 0 bridgehead atoms. The van der Waals surface area contributed by atoms with Crippen molar-refractivity contribution in [3.8, 4) is 0 Å². The van der Waals surface area contributed by atoms with Crippen LogP contribution < -0.4 is 0 Å². The molecule has 108 valence electrons. The van der Waals surface area contributed by atoms with Gasteiger partial charge in [0.05, 0.1) is 0 Å². The average molecular weight is 276 g/mol. The Balaban J connectivity index is 2.24. The molecule has 1 atom stereocenters. The van der Waals surface area contributed by atoms with E-state index in [1.54, 1.807) is 12.1 Å². The Hall–Kier alpha value is -1.44. The Morgan fingerprint density at radius 1 is 1.25 bits per heavy atom. The summed E-state index contributed by atoms with van der Waals surface area (Å²) < 4.78 is 28.2. The quantitative estimate of drug-likeness (QED) is 0.621. The zero-order valence-corrected chi connectivity index (χ0v) is 12.3. The Morgan fingerprint density at radius 3 is 2.65 bits per heavy atom. The normalized spacial score (nSPS) is 19.4. The van der Waals surface area contributed by atoms with Crippen LogP contribution in [0.1, 0.15) is 50.7 Å². The van der Waals surface area contributed by atoms with Crippen LogP contribution >= 0.6 is 0 Å². The third kappa shape index (κ3) is 3.17. The lowest BCUT2D eigenvalue weighted by atomic mass is 9.86. The number of aryl methyl sites for hydroxylation is 1. The van der Waals surface area contributed by atoms with Crippen LogP contribution in [0.4, 0.5) is 8.78 Å². The minimum atomic E-state index is -0.674. The Morgan fingerprint density at radius 2 is 2.05 bits per heavy atom. The molecule has 1 aromatic carbocycles. The van der Waals surface area contributed by atoms with Crippen LogP contribution in [0.3, 0.4) is 0 Å². The lowest BCUT2D eigenvalue weighted by molar-refractivity contribution is 0.494. The maximum absolute atomic E-state index is 14.2. The van der Waals surface area contributed by atoms with E-state index in [0.717, 1.165) is 31.3 Å². The van der Waals surface area contributed by atoms with Gasteiger partial charge in [-0.05, 0) is 49.7 Å². The fraction of sp³-hybridized carbons (Fsp3) is 0.444. The van der Waals surface area contributed by atoms with Crippen LogP contribution in [-0.2, 0) is 6.42 Å². The van der Waals surface area contributed by atoms with Gasteiger partial charge in [-0.15, -0.1) is 0 Å². The van der Waals surface area contributed by atoms with Crippen molar-refractivity contribution in [1.82, 2.24) is 0 Å². The third-order valence-corrected chi connectivity index (χ3v) is 3.94. The molecule has 0 amide bonds. The highest BCUT2D eigenvalue weighted by Gasteiger charge is 2.19. The van der Waals surface area contributed by atoms with Gasteiger partial charge in [-0.2, -0.15) is 0 Å². The summed E-state index contributed by atoms with van der Waals surface area (Å²) in [5.74, 6) is -0.802. The molecule has 20 heavy (non-hydrogen) atoms. The van der Waals surface area contributed by atoms with Crippen LogP contribution in [0.15, 0.2) is 30.4 Å². The summed E-state index contributed by atoms with van der Waals surface area (Å²) >= 11 is 0. The van der Waals surface area contributed by atoms with Gasteiger partial charge in [0.25, 0.3) is 0 Å². The predicted molar refractivity (Wildman–Crippen MR) is 80.5 cm³/mol. The molecule has 0 aromatic heterocycles. The molecule has 0 saturated carbocycles. The molecular formula is C18H22F2. The molecule has 0 spiro atoms. The minimum absolute atomic E-state index is 0.446. The monoisotopic (exact) mass is 276 g/mol. The average Bonchev–Trinajstić information content (AvgIpc) is 2.46. The van der Waals surface area contributed by atoms with E-state index < -0.39 is 11.6 Å². The summed E-state index contributed by atoms with van der Waals surface area (Å²) in [5, 5.41) is 0. The van der Waals surface area contributed by atoms with E-state index in [1.165, 1.54) is 0 Å². The summed E-state index contributed by atoms with van der Waals surface area (Å²) in [7, 11) is 0. The molecule has 0 saturated heterocycles. The summed E-state index contributed by atoms with van der Waals surface area (Å²) in [6.45, 7) is 3.98. The third-order valence-electron chi connectivity index (χ3n) is 3.94. The first-order valence-corrected chi connectivity index (χ1v) is 7.46. The standard InChI is InChI=1S/C18H22F2/c1-3-5-13-7-9-14(10-8-13)16-12-11-15(6-4-2)17(19)18(16)20/h3,5,9,11-13H,4,6-8,10H2,1-2H3/b5-3+. The van der Waals surface area contributed by atoms with E-state index in [1.807, 2.05) is 13.8 Å². The van der Waals surface area contributed by atoms with Gasteiger partial charge in [-0.1, -0.05) is 43.7 Å². The summed E-state index contributed by atoms with van der Waals surface area (Å²) in [4.78, 5) is 0. The smallest absolute Gasteiger partial charge is 0.166 e. The van der Waals surface area contributed by atoms with Crippen molar-refractivity contribution in [2.75, 3.05) is 0 Å². The maximum atomic E-state index is 14.2. The Labute approximate surface area is 120 Å². The van der Waals surface area contributed by atoms with Crippen molar-refractivity contribution >= 4 is 5.57 Å². The van der Waals surface area contributed by atoms with E-state index in [0.29, 0.717) is 23.5 Å². The summed E-state index contributed by atoms with van der Waals surface area (Å²) in [6.07, 6.45) is 10.5. The van der Waals surface area contributed by atoms with Crippen LogP contribution in [0.5, 0.6) is 0 Å². The first kappa shape index (κ1) is 15.0. The van der Waals surface area contributed by atoms with Gasteiger partial charge in [0, 0.05) is 5.56 Å².